The molecule has 0 atom stereocenters. The number of anilines is 1. The number of hydrogen-bond donors (Lipinski definition) is 1. The van der Waals surface area contributed by atoms with Crippen LogP contribution in [0.15, 0.2) is 42.5 Å². The van der Waals surface area contributed by atoms with Gasteiger partial charge in [-0.25, -0.2) is 0 Å². The Labute approximate surface area is 169 Å². The second-order valence-electron chi connectivity index (χ2n) is 7.07. The molecule has 0 fully saturated rings. The summed E-state index contributed by atoms with van der Waals surface area (Å²) in [4.78, 5) is 47.8. The van der Waals surface area contributed by atoms with Crippen molar-refractivity contribution in [3.63, 3.8) is 0 Å². The number of esters is 1. The number of carbonyl (C=O) groups is 4. The van der Waals surface area contributed by atoms with Crippen LogP contribution < -0.4 is 5.32 Å². The van der Waals surface area contributed by atoms with Crippen molar-refractivity contribution >= 4 is 29.1 Å². The van der Waals surface area contributed by atoms with Gasteiger partial charge in [0.25, 0.3) is 5.91 Å². The van der Waals surface area contributed by atoms with Crippen LogP contribution in [-0.2, 0) is 27.2 Å². The Morgan fingerprint density at radius 3 is 2.52 bits per heavy atom. The molecule has 0 heterocycles. The number of rotatable bonds is 8. The Hall–Kier alpha value is -3.28. The molecule has 6 heteroatoms. The van der Waals surface area contributed by atoms with Crippen molar-refractivity contribution in [1.82, 2.24) is 0 Å². The van der Waals surface area contributed by atoms with Gasteiger partial charge in [0.2, 0.25) is 0 Å². The maximum atomic E-state index is 12.3. The highest BCUT2D eigenvalue weighted by Crippen LogP contribution is 2.23. The molecular formula is C23H23NO5. The molecular weight excluding hydrogens is 370 g/mol. The molecule has 0 radical (unpaired) electrons. The van der Waals surface area contributed by atoms with Gasteiger partial charge in [0.05, 0.1) is 12.1 Å². The molecule has 1 aliphatic rings. The summed E-state index contributed by atoms with van der Waals surface area (Å²) in [6, 6.07) is 12.3. The van der Waals surface area contributed by atoms with E-state index in [-0.39, 0.29) is 24.4 Å². The smallest absolute Gasteiger partial charge is 0.306 e. The monoisotopic (exact) mass is 393 g/mol. The summed E-state index contributed by atoms with van der Waals surface area (Å²) in [5.41, 5.74) is 3.86. The summed E-state index contributed by atoms with van der Waals surface area (Å²) in [6.45, 7) is 0.932. The molecule has 1 amide bonds. The Balaban J connectivity index is 1.44. The van der Waals surface area contributed by atoms with Crippen LogP contribution in [0.4, 0.5) is 5.69 Å². The molecule has 2 aromatic rings. The molecule has 150 valence electrons. The normalized spacial score (nSPS) is 12.2. The van der Waals surface area contributed by atoms with Gasteiger partial charge in [-0.05, 0) is 55.5 Å². The van der Waals surface area contributed by atoms with Crippen LogP contribution in [0.2, 0.25) is 0 Å². The molecule has 0 spiro atoms. The van der Waals surface area contributed by atoms with Crippen LogP contribution in [0.1, 0.15) is 58.0 Å². The van der Waals surface area contributed by atoms with E-state index in [1.807, 2.05) is 12.1 Å². The lowest BCUT2D eigenvalue weighted by Crippen LogP contribution is -2.22. The standard InChI is InChI=1S/C23H23NO5/c1-15(25)19-7-2-3-8-20(19)24-22(27)14-29-23(28)12-11-21(26)18-10-9-16-5-4-6-17(16)13-18/h2-3,7-10,13H,4-6,11-12,14H2,1H3,(H,24,27). The van der Waals surface area contributed by atoms with Gasteiger partial charge in [0, 0.05) is 17.5 Å². The summed E-state index contributed by atoms with van der Waals surface area (Å²) < 4.78 is 4.95. The molecule has 1 N–H and O–H groups in total. The maximum absolute atomic E-state index is 12.3. The Morgan fingerprint density at radius 1 is 0.966 bits per heavy atom. The van der Waals surface area contributed by atoms with Crippen LogP contribution in [0, 0.1) is 0 Å². The number of Topliss-reactive ketones (excluding diaryl/α,β-unsaturated/α-hetero) is 2. The van der Waals surface area contributed by atoms with Gasteiger partial charge in [0.15, 0.2) is 18.2 Å². The molecule has 29 heavy (non-hydrogen) atoms. The number of fused-ring (bicyclic) bond motifs is 1. The van der Waals surface area contributed by atoms with E-state index < -0.39 is 18.5 Å². The van der Waals surface area contributed by atoms with E-state index in [4.69, 9.17) is 4.74 Å². The number of ketones is 2. The van der Waals surface area contributed by atoms with Gasteiger partial charge in [0.1, 0.15) is 0 Å². The zero-order valence-corrected chi connectivity index (χ0v) is 16.3. The SMILES string of the molecule is CC(=O)c1ccccc1NC(=O)COC(=O)CCC(=O)c1ccc2c(c1)CCC2. The first kappa shape index (κ1) is 20.5. The predicted octanol–water partition coefficient (Wildman–Crippen LogP) is 3.52. The minimum absolute atomic E-state index is 0.0341. The number of hydrogen-bond acceptors (Lipinski definition) is 5. The first-order valence-electron chi connectivity index (χ1n) is 9.64. The summed E-state index contributed by atoms with van der Waals surface area (Å²) in [6.07, 6.45) is 3.09. The molecule has 2 aromatic carbocycles. The molecule has 0 saturated heterocycles. The highest BCUT2D eigenvalue weighted by atomic mass is 16.5. The van der Waals surface area contributed by atoms with Gasteiger partial charge in [-0.15, -0.1) is 0 Å². The third-order valence-electron chi connectivity index (χ3n) is 4.92. The zero-order chi connectivity index (χ0) is 20.8. The van der Waals surface area contributed by atoms with Crippen LogP contribution in [0.3, 0.4) is 0 Å². The summed E-state index contributed by atoms with van der Waals surface area (Å²) >= 11 is 0. The number of carbonyl (C=O) groups excluding carboxylic acids is 4. The first-order valence-corrected chi connectivity index (χ1v) is 9.64. The third-order valence-corrected chi connectivity index (χ3v) is 4.92. The second kappa shape index (κ2) is 9.28. The first-order chi connectivity index (χ1) is 13.9. The Bertz CT molecular complexity index is 963. The van der Waals surface area contributed by atoms with E-state index in [0.717, 1.165) is 19.3 Å². The van der Waals surface area contributed by atoms with Crippen LogP contribution >= 0.6 is 0 Å². The summed E-state index contributed by atoms with van der Waals surface area (Å²) in [7, 11) is 0. The minimum atomic E-state index is -0.616. The fourth-order valence-corrected chi connectivity index (χ4v) is 3.41. The van der Waals surface area contributed by atoms with E-state index in [1.165, 1.54) is 18.1 Å². The van der Waals surface area contributed by atoms with Crippen molar-refractivity contribution in [3.8, 4) is 0 Å². The lowest BCUT2D eigenvalue weighted by Gasteiger charge is -2.09. The van der Waals surface area contributed by atoms with Crippen molar-refractivity contribution in [1.29, 1.82) is 0 Å². The minimum Gasteiger partial charge on any atom is -0.456 e. The molecule has 0 bridgehead atoms. The van der Waals surface area contributed by atoms with Gasteiger partial charge in [-0.3, -0.25) is 19.2 Å². The molecule has 0 aromatic heterocycles. The summed E-state index contributed by atoms with van der Waals surface area (Å²) in [5, 5.41) is 2.56. The maximum Gasteiger partial charge on any atom is 0.306 e. The second-order valence-corrected chi connectivity index (χ2v) is 7.07. The van der Waals surface area contributed by atoms with Crippen molar-refractivity contribution in [3.05, 3.63) is 64.7 Å². The van der Waals surface area contributed by atoms with E-state index in [0.29, 0.717) is 16.8 Å². The van der Waals surface area contributed by atoms with Crippen molar-refractivity contribution in [2.24, 2.45) is 0 Å². The summed E-state index contributed by atoms with van der Waals surface area (Å²) in [5.74, 6) is -1.45. The zero-order valence-electron chi connectivity index (χ0n) is 16.3. The number of ether oxygens (including phenoxy) is 1. The van der Waals surface area contributed by atoms with Gasteiger partial charge in [-0.2, -0.15) is 0 Å². The van der Waals surface area contributed by atoms with Gasteiger partial charge < -0.3 is 10.1 Å². The van der Waals surface area contributed by atoms with Crippen LogP contribution in [-0.4, -0.2) is 30.0 Å². The quantitative estimate of drug-likeness (QED) is 0.547. The molecule has 0 aliphatic heterocycles. The van der Waals surface area contributed by atoms with Gasteiger partial charge in [-0.1, -0.05) is 24.3 Å². The number of amides is 1. The van der Waals surface area contributed by atoms with Gasteiger partial charge >= 0.3 is 5.97 Å². The molecule has 0 unspecified atom stereocenters. The third kappa shape index (κ3) is 5.38. The van der Waals surface area contributed by atoms with E-state index in [2.05, 4.69) is 5.32 Å². The van der Waals surface area contributed by atoms with E-state index in [1.54, 1.807) is 30.3 Å². The number of para-hydroxylation sites is 1. The average molecular weight is 393 g/mol. The predicted molar refractivity (Wildman–Crippen MR) is 108 cm³/mol. The van der Waals surface area contributed by atoms with Crippen LogP contribution in [0.5, 0.6) is 0 Å². The Kier molecular flexibility index (Phi) is 6.54. The average Bonchev–Trinajstić information content (AvgIpc) is 3.18. The van der Waals surface area contributed by atoms with E-state index in [9.17, 15) is 19.2 Å². The fraction of sp³-hybridized carbons (Fsp3) is 0.304. The topological polar surface area (TPSA) is 89.5 Å². The number of nitrogens with one attached hydrogen (secondary N) is 1. The highest BCUT2D eigenvalue weighted by Gasteiger charge is 2.16. The molecule has 1 aliphatic carbocycles. The number of benzene rings is 2. The lowest BCUT2D eigenvalue weighted by molar-refractivity contribution is -0.147. The highest BCUT2D eigenvalue weighted by molar-refractivity contribution is 6.04. The molecule has 0 saturated carbocycles. The molecule has 6 nitrogen and oxygen atoms in total. The van der Waals surface area contributed by atoms with Crippen LogP contribution in [0.25, 0.3) is 0 Å². The largest absolute Gasteiger partial charge is 0.456 e. The van der Waals surface area contributed by atoms with Crippen molar-refractivity contribution in [2.75, 3.05) is 11.9 Å². The van der Waals surface area contributed by atoms with Crippen molar-refractivity contribution in [2.45, 2.75) is 39.0 Å². The molecule has 3 rings (SSSR count). The number of aryl methyl sites for hydroxylation is 2. The fourth-order valence-electron chi connectivity index (χ4n) is 3.41. The van der Waals surface area contributed by atoms with E-state index >= 15 is 0 Å². The lowest BCUT2D eigenvalue weighted by atomic mass is 10.0. The van der Waals surface area contributed by atoms with Crippen molar-refractivity contribution < 1.29 is 23.9 Å². The Morgan fingerprint density at radius 2 is 1.72 bits per heavy atom.